The van der Waals surface area contributed by atoms with E-state index in [-0.39, 0.29) is 11.9 Å². The fourth-order valence-electron chi connectivity index (χ4n) is 2.00. The number of hydrogen-bond donors (Lipinski definition) is 1. The van der Waals surface area contributed by atoms with Crippen molar-refractivity contribution in [1.82, 2.24) is 13.6 Å². The first-order valence-corrected chi connectivity index (χ1v) is 5.74. The van der Waals surface area contributed by atoms with E-state index in [0.717, 1.165) is 24.7 Å². The third-order valence-electron chi connectivity index (χ3n) is 2.84. The number of rotatable bonds is 2. The Hall–Kier alpha value is -1.01. The van der Waals surface area contributed by atoms with Gasteiger partial charge in [0.1, 0.15) is 0 Å². The van der Waals surface area contributed by atoms with Gasteiger partial charge in [-0.05, 0) is 25.8 Å². The summed E-state index contributed by atoms with van der Waals surface area (Å²) in [5.41, 5.74) is 6.06. The molecule has 0 spiro atoms. The standard InChI is InChI=1S/C9H14N4OS/c1-6-2-7(3-10)5-13(6)9(14)8-4-11-15-12-8/h4,6-7H,2-3,5,10H2,1H3. The van der Waals surface area contributed by atoms with Gasteiger partial charge in [0.25, 0.3) is 5.91 Å². The molecule has 0 aliphatic carbocycles. The van der Waals surface area contributed by atoms with Crippen LogP contribution in [0, 0.1) is 5.92 Å². The van der Waals surface area contributed by atoms with Crippen molar-refractivity contribution < 1.29 is 4.79 Å². The fraction of sp³-hybridized carbons (Fsp3) is 0.667. The molecule has 2 heterocycles. The SMILES string of the molecule is CC1CC(CN)CN1C(=O)c1cnsn1. The predicted molar refractivity (Wildman–Crippen MR) is 57.6 cm³/mol. The molecule has 0 bridgehead atoms. The molecule has 0 radical (unpaired) electrons. The van der Waals surface area contributed by atoms with Gasteiger partial charge in [-0.2, -0.15) is 8.75 Å². The molecule has 2 rings (SSSR count). The highest BCUT2D eigenvalue weighted by molar-refractivity contribution is 6.99. The van der Waals surface area contributed by atoms with Gasteiger partial charge in [0.15, 0.2) is 5.69 Å². The van der Waals surface area contributed by atoms with Crippen LogP contribution in [0.1, 0.15) is 23.8 Å². The van der Waals surface area contributed by atoms with Crippen LogP contribution in [-0.4, -0.2) is 38.7 Å². The Balaban J connectivity index is 2.09. The van der Waals surface area contributed by atoms with Gasteiger partial charge in [-0.15, -0.1) is 0 Å². The summed E-state index contributed by atoms with van der Waals surface area (Å²) in [6.45, 7) is 3.44. The van der Waals surface area contributed by atoms with E-state index in [4.69, 9.17) is 5.73 Å². The summed E-state index contributed by atoms with van der Waals surface area (Å²) >= 11 is 1.06. The molecule has 2 N–H and O–H groups in total. The minimum absolute atomic E-state index is 0.0211. The summed E-state index contributed by atoms with van der Waals surface area (Å²) in [7, 11) is 0. The summed E-state index contributed by atoms with van der Waals surface area (Å²) in [6.07, 6.45) is 2.51. The van der Waals surface area contributed by atoms with E-state index in [1.165, 1.54) is 6.20 Å². The van der Waals surface area contributed by atoms with Crippen LogP contribution in [0.5, 0.6) is 0 Å². The minimum Gasteiger partial charge on any atom is -0.334 e. The third-order valence-corrected chi connectivity index (χ3v) is 3.31. The van der Waals surface area contributed by atoms with Crippen molar-refractivity contribution in [1.29, 1.82) is 0 Å². The van der Waals surface area contributed by atoms with Crippen molar-refractivity contribution >= 4 is 17.6 Å². The van der Waals surface area contributed by atoms with E-state index in [9.17, 15) is 4.79 Å². The van der Waals surface area contributed by atoms with Crippen LogP contribution in [0.3, 0.4) is 0 Å². The molecule has 82 valence electrons. The number of nitrogens with zero attached hydrogens (tertiary/aromatic N) is 3. The van der Waals surface area contributed by atoms with Crippen molar-refractivity contribution in [2.24, 2.45) is 11.7 Å². The molecule has 0 aromatic carbocycles. The van der Waals surface area contributed by atoms with Gasteiger partial charge in [0.2, 0.25) is 0 Å². The Bertz CT molecular complexity index is 340. The number of carbonyl (C=O) groups excluding carboxylic acids is 1. The second kappa shape index (κ2) is 4.24. The largest absolute Gasteiger partial charge is 0.334 e. The smallest absolute Gasteiger partial charge is 0.275 e. The Morgan fingerprint density at radius 1 is 1.80 bits per heavy atom. The highest BCUT2D eigenvalue weighted by Crippen LogP contribution is 2.23. The lowest BCUT2D eigenvalue weighted by Crippen LogP contribution is -2.34. The minimum atomic E-state index is -0.0211. The van der Waals surface area contributed by atoms with Gasteiger partial charge in [0.05, 0.1) is 17.9 Å². The van der Waals surface area contributed by atoms with Crippen molar-refractivity contribution in [3.8, 4) is 0 Å². The summed E-state index contributed by atoms with van der Waals surface area (Å²) in [5, 5.41) is 0. The van der Waals surface area contributed by atoms with Crippen molar-refractivity contribution in [3.63, 3.8) is 0 Å². The second-order valence-electron chi connectivity index (χ2n) is 3.94. The van der Waals surface area contributed by atoms with Crippen LogP contribution in [0.4, 0.5) is 0 Å². The Morgan fingerprint density at radius 2 is 2.60 bits per heavy atom. The molecule has 1 aromatic rings. The highest BCUT2D eigenvalue weighted by atomic mass is 32.1. The molecular weight excluding hydrogens is 212 g/mol. The molecular formula is C9H14N4OS. The number of hydrogen-bond acceptors (Lipinski definition) is 5. The van der Waals surface area contributed by atoms with Crippen LogP contribution < -0.4 is 5.73 Å². The molecule has 1 aliphatic heterocycles. The molecule has 1 fully saturated rings. The van der Waals surface area contributed by atoms with Gasteiger partial charge in [-0.1, -0.05) is 0 Å². The number of aromatic nitrogens is 2. The first-order chi connectivity index (χ1) is 7.22. The normalized spacial score (nSPS) is 25.9. The predicted octanol–water partition coefficient (Wildman–Crippen LogP) is 0.347. The molecule has 5 nitrogen and oxygen atoms in total. The molecule has 1 aliphatic rings. The first-order valence-electron chi connectivity index (χ1n) is 5.01. The average Bonchev–Trinajstić information content (AvgIpc) is 2.85. The summed E-state index contributed by atoms with van der Waals surface area (Å²) in [6, 6.07) is 0.257. The van der Waals surface area contributed by atoms with Crippen molar-refractivity contribution in [3.05, 3.63) is 11.9 Å². The first kappa shape index (κ1) is 10.5. The van der Waals surface area contributed by atoms with Gasteiger partial charge >= 0.3 is 0 Å². The monoisotopic (exact) mass is 226 g/mol. The van der Waals surface area contributed by atoms with E-state index >= 15 is 0 Å². The van der Waals surface area contributed by atoms with Crippen LogP contribution in [0.25, 0.3) is 0 Å². The zero-order chi connectivity index (χ0) is 10.8. The van der Waals surface area contributed by atoms with E-state index in [1.54, 1.807) is 0 Å². The summed E-state index contributed by atoms with van der Waals surface area (Å²) in [4.78, 5) is 13.8. The molecule has 0 saturated carbocycles. The fourth-order valence-corrected chi connectivity index (χ4v) is 2.41. The zero-order valence-electron chi connectivity index (χ0n) is 8.59. The lowest BCUT2D eigenvalue weighted by atomic mass is 10.1. The van der Waals surface area contributed by atoms with Gasteiger partial charge in [-0.25, -0.2) is 0 Å². The van der Waals surface area contributed by atoms with E-state index < -0.39 is 0 Å². The van der Waals surface area contributed by atoms with Gasteiger partial charge in [0, 0.05) is 12.6 Å². The maximum Gasteiger partial charge on any atom is 0.275 e. The van der Waals surface area contributed by atoms with Gasteiger partial charge < -0.3 is 10.6 Å². The van der Waals surface area contributed by atoms with E-state index in [1.807, 2.05) is 11.8 Å². The number of amides is 1. The van der Waals surface area contributed by atoms with Crippen molar-refractivity contribution in [2.45, 2.75) is 19.4 Å². The molecule has 1 aromatic heterocycles. The van der Waals surface area contributed by atoms with E-state index in [2.05, 4.69) is 8.75 Å². The number of nitrogens with two attached hydrogens (primary N) is 1. The lowest BCUT2D eigenvalue weighted by Gasteiger charge is -2.19. The molecule has 2 unspecified atom stereocenters. The summed E-state index contributed by atoms with van der Waals surface area (Å²) < 4.78 is 7.79. The Morgan fingerprint density at radius 3 is 3.13 bits per heavy atom. The van der Waals surface area contributed by atoms with Crippen LogP contribution in [-0.2, 0) is 0 Å². The van der Waals surface area contributed by atoms with E-state index in [0.29, 0.717) is 18.2 Å². The molecule has 1 amide bonds. The lowest BCUT2D eigenvalue weighted by molar-refractivity contribution is 0.0738. The summed E-state index contributed by atoms with van der Waals surface area (Å²) in [5.74, 6) is 0.405. The maximum absolute atomic E-state index is 12.0. The van der Waals surface area contributed by atoms with Crippen molar-refractivity contribution in [2.75, 3.05) is 13.1 Å². The molecule has 2 atom stereocenters. The molecule has 15 heavy (non-hydrogen) atoms. The van der Waals surface area contributed by atoms with Crippen LogP contribution in [0.15, 0.2) is 6.20 Å². The quantitative estimate of drug-likeness (QED) is 0.789. The highest BCUT2D eigenvalue weighted by Gasteiger charge is 2.32. The Labute approximate surface area is 92.6 Å². The topological polar surface area (TPSA) is 72.1 Å². The molecule has 1 saturated heterocycles. The maximum atomic E-state index is 12.0. The number of likely N-dealkylation sites (tertiary alicyclic amines) is 1. The van der Waals surface area contributed by atoms with Gasteiger partial charge in [-0.3, -0.25) is 4.79 Å². The molecule has 6 heteroatoms. The zero-order valence-corrected chi connectivity index (χ0v) is 9.41. The van der Waals surface area contributed by atoms with Crippen LogP contribution >= 0.6 is 11.7 Å². The second-order valence-corrected chi connectivity index (χ2v) is 4.49. The Kier molecular flexibility index (Phi) is 2.97. The number of carbonyl (C=O) groups is 1. The third kappa shape index (κ3) is 2.00. The van der Waals surface area contributed by atoms with Crippen LogP contribution in [0.2, 0.25) is 0 Å². The average molecular weight is 226 g/mol.